The number of carbonyl (C=O) groups is 2. The SMILES string of the molecule is COCCN1C(=O)c2ccccc2[C@H](C(=O)Nc2cc(OC)c(OC)c(OC)c2)[C@H]1c1ccc(F)cc1. The Morgan fingerprint density at radius 3 is 2.19 bits per heavy atom. The zero-order valence-electron chi connectivity index (χ0n) is 21.1. The van der Waals surface area contributed by atoms with Crippen LogP contribution in [0.4, 0.5) is 10.1 Å². The molecule has 194 valence electrons. The minimum atomic E-state index is -0.796. The van der Waals surface area contributed by atoms with Crippen LogP contribution < -0.4 is 19.5 Å². The molecule has 37 heavy (non-hydrogen) atoms. The first kappa shape index (κ1) is 26.0. The van der Waals surface area contributed by atoms with Crippen LogP contribution in [0.15, 0.2) is 60.7 Å². The summed E-state index contributed by atoms with van der Waals surface area (Å²) in [5.74, 6) is -0.624. The molecule has 2 atom stereocenters. The maximum absolute atomic E-state index is 14.0. The summed E-state index contributed by atoms with van der Waals surface area (Å²) in [5.41, 5.74) is 2.07. The van der Waals surface area contributed by atoms with Gasteiger partial charge in [-0.25, -0.2) is 4.39 Å². The monoisotopic (exact) mass is 508 g/mol. The molecular weight excluding hydrogens is 479 g/mol. The lowest BCUT2D eigenvalue weighted by atomic mass is 9.79. The summed E-state index contributed by atoms with van der Waals surface area (Å²) in [5, 5.41) is 2.96. The molecule has 1 heterocycles. The number of amides is 2. The summed E-state index contributed by atoms with van der Waals surface area (Å²) in [6, 6.07) is 15.4. The van der Waals surface area contributed by atoms with Crippen molar-refractivity contribution in [2.24, 2.45) is 0 Å². The number of halogens is 1. The Hall–Kier alpha value is -4.11. The van der Waals surface area contributed by atoms with Crippen molar-refractivity contribution in [1.82, 2.24) is 4.90 Å². The van der Waals surface area contributed by atoms with E-state index in [0.717, 1.165) is 0 Å². The highest BCUT2D eigenvalue weighted by Gasteiger charge is 2.44. The second kappa shape index (κ2) is 11.3. The fourth-order valence-corrected chi connectivity index (χ4v) is 4.71. The molecule has 0 radical (unpaired) electrons. The van der Waals surface area contributed by atoms with Crippen molar-refractivity contribution in [3.05, 3.63) is 83.2 Å². The van der Waals surface area contributed by atoms with Gasteiger partial charge in [-0.15, -0.1) is 0 Å². The summed E-state index contributed by atoms with van der Waals surface area (Å²) >= 11 is 0. The van der Waals surface area contributed by atoms with Crippen LogP contribution in [0, 0.1) is 5.82 Å². The van der Waals surface area contributed by atoms with Gasteiger partial charge >= 0.3 is 0 Å². The van der Waals surface area contributed by atoms with Crippen molar-refractivity contribution in [3.8, 4) is 17.2 Å². The highest BCUT2D eigenvalue weighted by molar-refractivity contribution is 6.04. The van der Waals surface area contributed by atoms with Gasteiger partial charge in [-0.2, -0.15) is 0 Å². The van der Waals surface area contributed by atoms with E-state index in [9.17, 15) is 14.0 Å². The molecule has 0 saturated heterocycles. The molecule has 1 aliphatic heterocycles. The van der Waals surface area contributed by atoms with Crippen LogP contribution in [0.1, 0.15) is 33.4 Å². The number of rotatable bonds is 9. The van der Waals surface area contributed by atoms with Gasteiger partial charge in [0.05, 0.1) is 39.9 Å². The maximum atomic E-state index is 14.0. The molecule has 1 aliphatic rings. The number of benzene rings is 3. The highest BCUT2D eigenvalue weighted by Crippen LogP contribution is 2.44. The van der Waals surface area contributed by atoms with Crippen molar-refractivity contribution < 1.29 is 32.9 Å². The van der Waals surface area contributed by atoms with Gasteiger partial charge in [-0.05, 0) is 29.3 Å². The van der Waals surface area contributed by atoms with Gasteiger partial charge in [0.1, 0.15) is 5.82 Å². The van der Waals surface area contributed by atoms with Crippen LogP contribution in [-0.4, -0.2) is 58.3 Å². The van der Waals surface area contributed by atoms with Crippen LogP contribution in [0.3, 0.4) is 0 Å². The summed E-state index contributed by atoms with van der Waals surface area (Å²) in [6.07, 6.45) is 0. The van der Waals surface area contributed by atoms with Crippen LogP contribution >= 0.6 is 0 Å². The molecule has 0 spiro atoms. The predicted molar refractivity (Wildman–Crippen MR) is 136 cm³/mol. The predicted octanol–water partition coefficient (Wildman–Crippen LogP) is 4.42. The third-order valence-corrected chi connectivity index (χ3v) is 6.40. The van der Waals surface area contributed by atoms with Crippen molar-refractivity contribution in [2.45, 2.75) is 12.0 Å². The first-order valence-corrected chi connectivity index (χ1v) is 11.7. The Morgan fingerprint density at radius 1 is 0.946 bits per heavy atom. The second-order valence-electron chi connectivity index (χ2n) is 8.46. The van der Waals surface area contributed by atoms with E-state index in [1.165, 1.54) is 33.5 Å². The van der Waals surface area contributed by atoms with Gasteiger partial charge in [0.15, 0.2) is 11.5 Å². The third kappa shape index (κ3) is 5.08. The van der Waals surface area contributed by atoms with Gasteiger partial charge in [0.25, 0.3) is 5.91 Å². The van der Waals surface area contributed by atoms with Gasteiger partial charge in [-0.3, -0.25) is 9.59 Å². The molecule has 4 rings (SSSR count). The third-order valence-electron chi connectivity index (χ3n) is 6.40. The molecule has 9 heteroatoms. The molecular formula is C28H29FN2O6. The molecule has 0 saturated carbocycles. The standard InChI is InChI=1S/C28H29FN2O6/c1-34-14-13-31-25(17-9-11-18(29)12-10-17)24(20-7-5-6-8-21(20)28(31)33)27(32)30-19-15-22(35-2)26(37-4)23(16-19)36-3/h5-12,15-16,24-25H,13-14H2,1-4H3,(H,30,32)/t24-,25+/m0/s1. The van der Waals surface area contributed by atoms with E-state index in [1.807, 2.05) is 0 Å². The molecule has 1 N–H and O–H groups in total. The van der Waals surface area contributed by atoms with Crippen molar-refractivity contribution >= 4 is 17.5 Å². The van der Waals surface area contributed by atoms with E-state index in [-0.39, 0.29) is 25.0 Å². The van der Waals surface area contributed by atoms with Gasteiger partial charge in [0, 0.05) is 37.0 Å². The molecule has 8 nitrogen and oxygen atoms in total. The molecule has 2 amide bonds. The Labute approximate surface area is 214 Å². The molecule has 3 aromatic rings. The number of methoxy groups -OCH3 is 4. The highest BCUT2D eigenvalue weighted by atomic mass is 19.1. The first-order chi connectivity index (χ1) is 17.9. The largest absolute Gasteiger partial charge is 0.493 e. The fraction of sp³-hybridized carbons (Fsp3) is 0.286. The topological polar surface area (TPSA) is 86.3 Å². The zero-order valence-corrected chi connectivity index (χ0v) is 21.1. The number of fused-ring (bicyclic) bond motifs is 1. The smallest absolute Gasteiger partial charge is 0.254 e. The average Bonchev–Trinajstić information content (AvgIpc) is 2.92. The minimum Gasteiger partial charge on any atom is -0.493 e. The van der Waals surface area contributed by atoms with Gasteiger partial charge in [-0.1, -0.05) is 30.3 Å². The quantitative estimate of drug-likeness (QED) is 0.461. The summed E-state index contributed by atoms with van der Waals surface area (Å²) in [6.45, 7) is 0.520. The van der Waals surface area contributed by atoms with Crippen LogP contribution in [-0.2, 0) is 9.53 Å². The van der Waals surface area contributed by atoms with E-state index >= 15 is 0 Å². The summed E-state index contributed by atoms with van der Waals surface area (Å²) in [4.78, 5) is 29.2. The Bertz CT molecular complexity index is 1250. The maximum Gasteiger partial charge on any atom is 0.254 e. The number of hydrogen-bond acceptors (Lipinski definition) is 6. The van der Waals surface area contributed by atoms with E-state index in [0.29, 0.717) is 39.6 Å². The number of nitrogens with one attached hydrogen (secondary N) is 1. The Morgan fingerprint density at radius 2 is 1.59 bits per heavy atom. The van der Waals surface area contributed by atoms with E-state index in [1.54, 1.807) is 60.5 Å². The first-order valence-electron chi connectivity index (χ1n) is 11.7. The molecule has 0 aliphatic carbocycles. The lowest BCUT2D eigenvalue weighted by Gasteiger charge is -2.41. The zero-order chi connectivity index (χ0) is 26.5. The normalized spacial score (nSPS) is 16.7. The van der Waals surface area contributed by atoms with Crippen molar-refractivity contribution in [1.29, 1.82) is 0 Å². The number of anilines is 1. The van der Waals surface area contributed by atoms with Gasteiger partial charge in [0.2, 0.25) is 11.7 Å². The van der Waals surface area contributed by atoms with Gasteiger partial charge < -0.3 is 29.2 Å². The van der Waals surface area contributed by atoms with E-state index in [4.69, 9.17) is 18.9 Å². The number of hydrogen-bond donors (Lipinski definition) is 1. The molecule has 0 bridgehead atoms. The molecule has 0 aromatic heterocycles. The van der Waals surface area contributed by atoms with E-state index in [2.05, 4.69) is 5.32 Å². The molecule has 0 fully saturated rings. The lowest BCUT2D eigenvalue weighted by molar-refractivity contribution is -0.119. The molecule has 0 unspecified atom stereocenters. The van der Waals surface area contributed by atoms with Crippen LogP contribution in [0.2, 0.25) is 0 Å². The fourth-order valence-electron chi connectivity index (χ4n) is 4.71. The lowest BCUT2D eigenvalue weighted by Crippen LogP contribution is -2.47. The average molecular weight is 509 g/mol. The summed E-state index contributed by atoms with van der Waals surface area (Å²) in [7, 11) is 6.02. The number of nitrogens with zero attached hydrogens (tertiary/aromatic N) is 1. The minimum absolute atomic E-state index is 0.223. The van der Waals surface area contributed by atoms with Crippen LogP contribution in [0.5, 0.6) is 17.2 Å². The molecule has 3 aromatic carbocycles. The number of ether oxygens (including phenoxy) is 4. The van der Waals surface area contributed by atoms with Crippen molar-refractivity contribution in [2.75, 3.05) is 46.9 Å². The Kier molecular flexibility index (Phi) is 7.93. The summed E-state index contributed by atoms with van der Waals surface area (Å²) < 4.78 is 35.3. The van der Waals surface area contributed by atoms with E-state index < -0.39 is 17.8 Å². The second-order valence-corrected chi connectivity index (χ2v) is 8.46. The Balaban J connectivity index is 1.82. The van der Waals surface area contributed by atoms with Crippen LogP contribution in [0.25, 0.3) is 0 Å². The number of carbonyl (C=O) groups excluding carboxylic acids is 2. The van der Waals surface area contributed by atoms with Crippen molar-refractivity contribution in [3.63, 3.8) is 0 Å².